The smallest absolute Gasteiger partial charge is 0.155 e. The second kappa shape index (κ2) is 6.26. The number of fused-ring (bicyclic) bond motifs is 1. The lowest BCUT2D eigenvalue weighted by atomic mass is 10.0. The lowest BCUT2D eigenvalue weighted by Crippen LogP contribution is -2.05. The Morgan fingerprint density at radius 2 is 1.92 bits per heavy atom. The summed E-state index contributed by atoms with van der Waals surface area (Å²) in [4.78, 5) is 10.4. The van der Waals surface area contributed by atoms with Crippen LogP contribution < -0.4 is 5.73 Å². The maximum atomic E-state index is 9.30. The summed E-state index contributed by atoms with van der Waals surface area (Å²) < 4.78 is 0. The molecule has 0 fully saturated rings. The van der Waals surface area contributed by atoms with Crippen LogP contribution in [0.15, 0.2) is 48.5 Å². The molecule has 0 aliphatic carbocycles. The topological polar surface area (TPSA) is 106 Å². The van der Waals surface area contributed by atoms with Gasteiger partial charge in [-0.1, -0.05) is 24.3 Å². The lowest BCUT2D eigenvalue weighted by molar-refractivity contribution is 0.590. The SMILES string of the molecule is Cc1cccc(Cn2nc3cc(-c4ccccc4C#N)nc(N)c3n2)n1. The van der Waals surface area contributed by atoms with Crippen LogP contribution in [0.4, 0.5) is 5.82 Å². The van der Waals surface area contributed by atoms with Crippen molar-refractivity contribution in [2.45, 2.75) is 13.5 Å². The second-order valence-corrected chi connectivity index (χ2v) is 5.92. The fourth-order valence-corrected chi connectivity index (χ4v) is 2.83. The van der Waals surface area contributed by atoms with Crippen molar-refractivity contribution >= 4 is 16.9 Å². The van der Waals surface area contributed by atoms with Crippen molar-refractivity contribution < 1.29 is 0 Å². The van der Waals surface area contributed by atoms with E-state index in [1.807, 2.05) is 43.3 Å². The highest BCUT2D eigenvalue weighted by molar-refractivity contribution is 5.88. The van der Waals surface area contributed by atoms with Crippen LogP contribution in [0.5, 0.6) is 0 Å². The molecule has 3 aromatic heterocycles. The van der Waals surface area contributed by atoms with E-state index >= 15 is 0 Å². The van der Waals surface area contributed by atoms with Gasteiger partial charge >= 0.3 is 0 Å². The molecular formula is C19H15N7. The number of pyridine rings is 2. The molecule has 0 radical (unpaired) electrons. The minimum absolute atomic E-state index is 0.286. The predicted molar refractivity (Wildman–Crippen MR) is 98.0 cm³/mol. The van der Waals surface area contributed by atoms with Crippen molar-refractivity contribution in [2.75, 3.05) is 5.73 Å². The molecule has 0 amide bonds. The third-order valence-electron chi connectivity index (χ3n) is 4.01. The van der Waals surface area contributed by atoms with Crippen molar-refractivity contribution in [3.05, 3.63) is 65.5 Å². The van der Waals surface area contributed by atoms with Gasteiger partial charge in [0.25, 0.3) is 0 Å². The fourth-order valence-electron chi connectivity index (χ4n) is 2.83. The molecule has 0 saturated carbocycles. The van der Waals surface area contributed by atoms with Crippen LogP contribution >= 0.6 is 0 Å². The third kappa shape index (κ3) is 2.84. The van der Waals surface area contributed by atoms with E-state index in [4.69, 9.17) is 5.73 Å². The van der Waals surface area contributed by atoms with Crippen LogP contribution in [-0.2, 0) is 6.54 Å². The van der Waals surface area contributed by atoms with E-state index in [-0.39, 0.29) is 5.82 Å². The summed E-state index contributed by atoms with van der Waals surface area (Å²) in [5.74, 6) is 0.286. The van der Waals surface area contributed by atoms with Crippen molar-refractivity contribution in [3.63, 3.8) is 0 Å². The standard InChI is InChI=1S/C19H15N7/c1-12-5-4-7-14(22-12)11-26-24-17-9-16(23-19(21)18(17)25-26)15-8-3-2-6-13(15)10-20/h2-9H,11H2,1H3,(H2,21,23). The molecule has 7 nitrogen and oxygen atoms in total. The first-order valence-corrected chi connectivity index (χ1v) is 8.07. The molecule has 0 aliphatic rings. The van der Waals surface area contributed by atoms with Gasteiger partial charge in [0.1, 0.15) is 12.1 Å². The minimum atomic E-state index is 0.286. The molecule has 0 aliphatic heterocycles. The highest BCUT2D eigenvalue weighted by Crippen LogP contribution is 2.26. The maximum absolute atomic E-state index is 9.30. The van der Waals surface area contributed by atoms with Crippen LogP contribution in [0.3, 0.4) is 0 Å². The van der Waals surface area contributed by atoms with Crippen molar-refractivity contribution in [1.82, 2.24) is 25.0 Å². The Morgan fingerprint density at radius 3 is 2.73 bits per heavy atom. The molecule has 0 unspecified atom stereocenters. The van der Waals surface area contributed by atoms with Crippen LogP contribution in [0, 0.1) is 18.3 Å². The summed E-state index contributed by atoms with van der Waals surface area (Å²) in [6, 6.07) is 17.1. The number of nitriles is 1. The monoisotopic (exact) mass is 341 g/mol. The Hall–Kier alpha value is -3.79. The van der Waals surface area contributed by atoms with Crippen LogP contribution in [0.1, 0.15) is 17.0 Å². The zero-order valence-corrected chi connectivity index (χ0v) is 14.1. The molecule has 2 N–H and O–H groups in total. The fraction of sp³-hybridized carbons (Fsp3) is 0.105. The van der Waals surface area contributed by atoms with Gasteiger partial charge in [0, 0.05) is 11.3 Å². The summed E-state index contributed by atoms with van der Waals surface area (Å²) in [7, 11) is 0. The van der Waals surface area contributed by atoms with E-state index in [0.717, 1.165) is 17.0 Å². The minimum Gasteiger partial charge on any atom is -0.382 e. The Morgan fingerprint density at radius 1 is 1.08 bits per heavy atom. The normalized spacial score (nSPS) is 10.8. The molecule has 26 heavy (non-hydrogen) atoms. The van der Waals surface area contributed by atoms with Crippen molar-refractivity contribution in [3.8, 4) is 17.3 Å². The summed E-state index contributed by atoms with van der Waals surface area (Å²) in [6.07, 6.45) is 0. The molecule has 0 atom stereocenters. The number of nitrogens with two attached hydrogens (primary N) is 1. The molecule has 0 bridgehead atoms. The molecule has 3 heterocycles. The van der Waals surface area contributed by atoms with E-state index in [9.17, 15) is 5.26 Å². The number of hydrogen-bond acceptors (Lipinski definition) is 6. The molecule has 7 heteroatoms. The third-order valence-corrected chi connectivity index (χ3v) is 4.01. The highest BCUT2D eigenvalue weighted by Gasteiger charge is 2.13. The summed E-state index contributed by atoms with van der Waals surface area (Å²) in [5, 5.41) is 18.2. The molecular weight excluding hydrogens is 326 g/mol. The summed E-state index contributed by atoms with van der Waals surface area (Å²) >= 11 is 0. The van der Waals surface area contributed by atoms with Gasteiger partial charge in [-0.2, -0.15) is 15.2 Å². The Kier molecular flexibility index (Phi) is 3.78. The average Bonchev–Trinajstić information content (AvgIpc) is 3.04. The van der Waals surface area contributed by atoms with Gasteiger partial charge in [-0.3, -0.25) is 4.98 Å². The zero-order valence-electron chi connectivity index (χ0n) is 14.1. The first-order chi connectivity index (χ1) is 12.6. The quantitative estimate of drug-likeness (QED) is 0.614. The lowest BCUT2D eigenvalue weighted by Gasteiger charge is -2.04. The van der Waals surface area contributed by atoms with Gasteiger partial charge < -0.3 is 5.73 Å². The second-order valence-electron chi connectivity index (χ2n) is 5.92. The van der Waals surface area contributed by atoms with Crippen LogP contribution in [-0.4, -0.2) is 25.0 Å². The Labute approximate surface area is 149 Å². The number of anilines is 1. The molecule has 1 aromatic carbocycles. The van der Waals surface area contributed by atoms with E-state index in [1.165, 1.54) is 0 Å². The first-order valence-electron chi connectivity index (χ1n) is 8.07. The molecule has 4 aromatic rings. The maximum Gasteiger partial charge on any atom is 0.155 e. The summed E-state index contributed by atoms with van der Waals surface area (Å²) in [6.45, 7) is 2.39. The van der Waals surface area contributed by atoms with Crippen molar-refractivity contribution in [2.24, 2.45) is 0 Å². The molecule has 0 spiro atoms. The van der Waals surface area contributed by atoms with E-state index in [0.29, 0.717) is 28.8 Å². The van der Waals surface area contributed by atoms with E-state index in [1.54, 1.807) is 16.9 Å². The summed E-state index contributed by atoms with van der Waals surface area (Å²) in [5.41, 5.74) is 10.9. The highest BCUT2D eigenvalue weighted by atomic mass is 15.5. The number of hydrogen-bond donors (Lipinski definition) is 1. The van der Waals surface area contributed by atoms with Gasteiger partial charge in [-0.15, -0.1) is 5.10 Å². The van der Waals surface area contributed by atoms with Gasteiger partial charge in [-0.05, 0) is 31.2 Å². The average molecular weight is 341 g/mol. The first kappa shape index (κ1) is 15.7. The molecule has 4 rings (SSSR count). The Balaban J connectivity index is 1.77. The number of benzene rings is 1. The zero-order chi connectivity index (χ0) is 18.1. The van der Waals surface area contributed by atoms with Crippen LogP contribution in [0.25, 0.3) is 22.3 Å². The van der Waals surface area contributed by atoms with Gasteiger partial charge in [0.15, 0.2) is 11.3 Å². The molecule has 0 saturated heterocycles. The van der Waals surface area contributed by atoms with Gasteiger partial charge in [0.05, 0.1) is 23.0 Å². The van der Waals surface area contributed by atoms with E-state index in [2.05, 4.69) is 26.2 Å². The number of aryl methyl sites for hydroxylation is 1. The van der Waals surface area contributed by atoms with Crippen molar-refractivity contribution in [1.29, 1.82) is 5.26 Å². The molecule has 126 valence electrons. The number of nitrogens with zero attached hydrogens (tertiary/aromatic N) is 6. The van der Waals surface area contributed by atoms with Gasteiger partial charge in [0.2, 0.25) is 0 Å². The number of aromatic nitrogens is 5. The Bertz CT molecular complexity index is 1150. The number of rotatable bonds is 3. The predicted octanol–water partition coefficient (Wildman–Crippen LogP) is 2.70. The van der Waals surface area contributed by atoms with Gasteiger partial charge in [-0.25, -0.2) is 4.98 Å². The number of nitrogen functional groups attached to an aromatic ring is 1. The van der Waals surface area contributed by atoms with E-state index < -0.39 is 0 Å². The largest absolute Gasteiger partial charge is 0.382 e. The van der Waals surface area contributed by atoms with Crippen LogP contribution in [0.2, 0.25) is 0 Å².